The van der Waals surface area contributed by atoms with Crippen LogP contribution in [0.3, 0.4) is 0 Å². The zero-order chi connectivity index (χ0) is 21.6. The summed E-state index contributed by atoms with van der Waals surface area (Å²) in [6, 6.07) is 12.1. The lowest BCUT2D eigenvalue weighted by Crippen LogP contribution is -2.13. The maximum atomic E-state index is 13.1. The fraction of sp³-hybridized carbons (Fsp3) is 0.348. The topological polar surface area (TPSA) is 70.4 Å². The number of methoxy groups -OCH3 is 1. The molecule has 0 radical (unpaired) electrons. The molecule has 0 aliphatic carbocycles. The van der Waals surface area contributed by atoms with Crippen molar-refractivity contribution < 1.29 is 17.9 Å². The molecule has 160 valence electrons. The molecule has 1 heterocycles. The molecule has 2 aromatic carbocycles. The van der Waals surface area contributed by atoms with Crippen molar-refractivity contribution in [3.63, 3.8) is 0 Å². The number of aromatic nitrogens is 2. The number of hydrogen-bond donors (Lipinski definition) is 0. The third-order valence-corrected chi connectivity index (χ3v) is 6.54. The van der Waals surface area contributed by atoms with Crippen molar-refractivity contribution in [3.8, 4) is 22.9 Å². The van der Waals surface area contributed by atoms with Crippen molar-refractivity contribution in [2.75, 3.05) is 13.7 Å². The van der Waals surface area contributed by atoms with E-state index in [2.05, 4.69) is 11.9 Å². The molecule has 1 aromatic heterocycles. The van der Waals surface area contributed by atoms with Gasteiger partial charge in [0, 0.05) is 18.0 Å². The predicted molar refractivity (Wildman–Crippen MR) is 118 cm³/mol. The molecule has 30 heavy (non-hydrogen) atoms. The Morgan fingerprint density at radius 1 is 1.00 bits per heavy atom. The maximum absolute atomic E-state index is 13.1. The van der Waals surface area contributed by atoms with Crippen LogP contribution in [0.25, 0.3) is 11.4 Å². The summed E-state index contributed by atoms with van der Waals surface area (Å²) in [6.45, 7) is 4.70. The highest BCUT2D eigenvalue weighted by Crippen LogP contribution is 2.33. The standard InChI is InChI=1S/C23H28N2O4S/c1-4-5-6-7-16-29-21-13-10-19(17-22(21)28-3)23-24-14-15-25(23)30(26,27)20-11-8-18(2)9-12-20/h8-15,17H,4-7,16H2,1-3H3. The average Bonchev–Trinajstić information content (AvgIpc) is 3.25. The maximum Gasteiger partial charge on any atom is 0.269 e. The molecule has 0 unspecified atom stereocenters. The Labute approximate surface area is 178 Å². The monoisotopic (exact) mass is 428 g/mol. The summed E-state index contributed by atoms with van der Waals surface area (Å²) in [6.07, 6.45) is 7.41. The van der Waals surface area contributed by atoms with Gasteiger partial charge in [-0.3, -0.25) is 0 Å². The van der Waals surface area contributed by atoms with Gasteiger partial charge in [-0.15, -0.1) is 0 Å². The van der Waals surface area contributed by atoms with Crippen LogP contribution in [0, 0.1) is 6.92 Å². The molecule has 6 nitrogen and oxygen atoms in total. The molecule has 0 atom stereocenters. The lowest BCUT2D eigenvalue weighted by Gasteiger charge is -2.13. The second-order valence-electron chi connectivity index (χ2n) is 7.14. The van der Waals surface area contributed by atoms with Gasteiger partial charge in [0.1, 0.15) is 0 Å². The lowest BCUT2D eigenvalue weighted by molar-refractivity contribution is 0.285. The van der Waals surface area contributed by atoms with E-state index in [1.54, 1.807) is 49.6 Å². The normalized spacial score (nSPS) is 11.4. The largest absolute Gasteiger partial charge is 0.493 e. The van der Waals surface area contributed by atoms with Crippen LogP contribution in [0.5, 0.6) is 11.5 Å². The SMILES string of the molecule is CCCCCCOc1ccc(-c2nccn2S(=O)(=O)c2ccc(C)cc2)cc1OC. The smallest absolute Gasteiger partial charge is 0.269 e. The van der Waals surface area contributed by atoms with Crippen molar-refractivity contribution in [2.24, 2.45) is 0 Å². The Hall–Kier alpha value is -2.80. The summed E-state index contributed by atoms with van der Waals surface area (Å²) in [5.41, 5.74) is 1.63. The minimum Gasteiger partial charge on any atom is -0.493 e. The molecule has 0 saturated carbocycles. The fourth-order valence-electron chi connectivity index (χ4n) is 3.15. The molecule has 7 heteroatoms. The molecule has 0 amide bonds. The molecular weight excluding hydrogens is 400 g/mol. The van der Waals surface area contributed by atoms with Crippen LogP contribution in [0.15, 0.2) is 59.8 Å². The second kappa shape index (κ2) is 9.80. The highest BCUT2D eigenvalue weighted by atomic mass is 32.2. The predicted octanol–water partition coefficient (Wildman–Crippen LogP) is 5.06. The molecule has 0 bridgehead atoms. The summed E-state index contributed by atoms with van der Waals surface area (Å²) in [5, 5.41) is 0. The van der Waals surface area contributed by atoms with Crippen molar-refractivity contribution in [3.05, 3.63) is 60.4 Å². The summed E-state index contributed by atoms with van der Waals surface area (Å²) >= 11 is 0. The van der Waals surface area contributed by atoms with Gasteiger partial charge < -0.3 is 9.47 Å². The van der Waals surface area contributed by atoms with Crippen LogP contribution in [-0.4, -0.2) is 31.1 Å². The molecule has 3 aromatic rings. The van der Waals surface area contributed by atoms with Crippen molar-refractivity contribution >= 4 is 10.0 Å². The third kappa shape index (κ3) is 4.84. The second-order valence-corrected chi connectivity index (χ2v) is 8.95. The van der Waals surface area contributed by atoms with Crippen molar-refractivity contribution in [2.45, 2.75) is 44.4 Å². The number of hydrogen-bond acceptors (Lipinski definition) is 5. The van der Waals surface area contributed by atoms with E-state index < -0.39 is 10.0 Å². The summed E-state index contributed by atoms with van der Waals surface area (Å²) in [4.78, 5) is 4.50. The van der Waals surface area contributed by atoms with Gasteiger partial charge in [-0.05, 0) is 43.7 Å². The van der Waals surface area contributed by atoms with Gasteiger partial charge in [-0.1, -0.05) is 43.9 Å². The average molecular weight is 429 g/mol. The molecule has 0 N–H and O–H groups in total. The highest BCUT2D eigenvalue weighted by Gasteiger charge is 2.21. The Morgan fingerprint density at radius 2 is 1.77 bits per heavy atom. The van der Waals surface area contributed by atoms with E-state index in [1.165, 1.54) is 29.2 Å². The first-order chi connectivity index (χ1) is 14.5. The Kier molecular flexibility index (Phi) is 7.15. The summed E-state index contributed by atoms with van der Waals surface area (Å²) in [7, 11) is -2.19. The molecule has 0 saturated heterocycles. The minimum atomic E-state index is -3.76. The van der Waals surface area contributed by atoms with E-state index in [-0.39, 0.29) is 4.90 Å². The zero-order valence-electron chi connectivity index (χ0n) is 17.7. The molecule has 0 aliphatic rings. The van der Waals surface area contributed by atoms with Gasteiger partial charge in [-0.25, -0.2) is 17.4 Å². The Morgan fingerprint density at radius 3 is 2.47 bits per heavy atom. The summed E-state index contributed by atoms with van der Waals surface area (Å²) in [5.74, 6) is 1.51. The van der Waals surface area contributed by atoms with E-state index in [0.717, 1.165) is 18.4 Å². The van der Waals surface area contributed by atoms with Crippen LogP contribution in [0.2, 0.25) is 0 Å². The Bertz CT molecular complexity index is 1070. The number of rotatable bonds is 10. The number of nitrogens with zero attached hydrogens (tertiary/aromatic N) is 2. The number of aryl methyl sites for hydroxylation is 1. The molecule has 0 fully saturated rings. The number of imidazole rings is 1. The van der Waals surface area contributed by atoms with Gasteiger partial charge in [0.05, 0.1) is 18.6 Å². The first-order valence-electron chi connectivity index (χ1n) is 10.1. The van der Waals surface area contributed by atoms with Crippen LogP contribution < -0.4 is 9.47 Å². The van der Waals surface area contributed by atoms with Crippen molar-refractivity contribution in [1.82, 2.24) is 8.96 Å². The number of benzene rings is 2. The third-order valence-electron chi connectivity index (χ3n) is 4.86. The zero-order valence-corrected chi connectivity index (χ0v) is 18.5. The van der Waals surface area contributed by atoms with Gasteiger partial charge in [0.15, 0.2) is 17.3 Å². The minimum absolute atomic E-state index is 0.214. The molecule has 0 spiro atoms. The van der Waals surface area contributed by atoms with E-state index >= 15 is 0 Å². The fourth-order valence-corrected chi connectivity index (χ4v) is 4.45. The lowest BCUT2D eigenvalue weighted by atomic mass is 10.2. The van der Waals surface area contributed by atoms with E-state index in [1.807, 2.05) is 6.92 Å². The summed E-state index contributed by atoms with van der Waals surface area (Å²) < 4.78 is 38.8. The first kappa shape index (κ1) is 21.9. The van der Waals surface area contributed by atoms with Crippen LogP contribution >= 0.6 is 0 Å². The quantitative estimate of drug-likeness (QED) is 0.422. The van der Waals surface area contributed by atoms with Crippen molar-refractivity contribution in [1.29, 1.82) is 0 Å². The van der Waals surface area contributed by atoms with E-state index in [0.29, 0.717) is 29.5 Å². The van der Waals surface area contributed by atoms with Gasteiger partial charge in [0.2, 0.25) is 0 Å². The van der Waals surface area contributed by atoms with Crippen LogP contribution in [0.4, 0.5) is 0 Å². The van der Waals surface area contributed by atoms with E-state index in [9.17, 15) is 8.42 Å². The molecule has 0 aliphatic heterocycles. The number of ether oxygens (including phenoxy) is 2. The highest BCUT2D eigenvalue weighted by molar-refractivity contribution is 7.90. The van der Waals surface area contributed by atoms with Crippen LogP contribution in [0.1, 0.15) is 38.2 Å². The van der Waals surface area contributed by atoms with Gasteiger partial charge in [-0.2, -0.15) is 0 Å². The number of unbranched alkanes of at least 4 members (excludes halogenated alkanes) is 3. The van der Waals surface area contributed by atoms with Gasteiger partial charge >= 0.3 is 0 Å². The Balaban J connectivity index is 1.87. The van der Waals surface area contributed by atoms with Gasteiger partial charge in [0.25, 0.3) is 10.0 Å². The molecular formula is C23H28N2O4S. The van der Waals surface area contributed by atoms with E-state index in [4.69, 9.17) is 9.47 Å². The molecule has 3 rings (SSSR count). The first-order valence-corrected chi connectivity index (χ1v) is 11.6. The van der Waals surface area contributed by atoms with Crippen LogP contribution in [-0.2, 0) is 10.0 Å².